The fraction of sp³-hybridized carbons (Fsp3) is 0.278. The van der Waals surface area contributed by atoms with Crippen LogP contribution in [0, 0.1) is 0 Å². The highest BCUT2D eigenvalue weighted by Crippen LogP contribution is 2.31. The molecule has 0 fully saturated rings. The number of rotatable bonds is 6. The summed E-state index contributed by atoms with van der Waals surface area (Å²) in [6.45, 7) is 1.94. The van der Waals surface area contributed by atoms with Crippen molar-refractivity contribution in [3.8, 4) is 5.75 Å². The van der Waals surface area contributed by atoms with Crippen LogP contribution in [-0.2, 0) is 6.18 Å². The quantitative estimate of drug-likeness (QED) is 0.716. The summed E-state index contributed by atoms with van der Waals surface area (Å²) in [5.74, 6) is -0.147. The van der Waals surface area contributed by atoms with Crippen LogP contribution < -0.4 is 10.1 Å². The lowest BCUT2D eigenvalue weighted by Crippen LogP contribution is -2.38. The highest BCUT2D eigenvalue weighted by Gasteiger charge is 2.30. The zero-order chi connectivity index (χ0) is 18.4. The number of benzene rings is 2. The summed E-state index contributed by atoms with van der Waals surface area (Å²) in [7, 11) is 0. The molecule has 2 aromatic rings. The minimum Gasteiger partial charge on any atom is -0.491 e. The molecule has 0 aliphatic rings. The van der Waals surface area contributed by atoms with Crippen LogP contribution in [0.25, 0.3) is 0 Å². The van der Waals surface area contributed by atoms with Crippen LogP contribution in [0.5, 0.6) is 5.75 Å². The number of carbonyl (C=O) groups excluding carboxylic acids is 1. The molecule has 1 amide bonds. The third-order valence-electron chi connectivity index (χ3n) is 3.53. The second kappa shape index (κ2) is 8.38. The van der Waals surface area contributed by atoms with Gasteiger partial charge in [0, 0.05) is 10.0 Å². The molecule has 2 aromatic carbocycles. The minimum absolute atomic E-state index is 0.0809. The highest BCUT2D eigenvalue weighted by molar-refractivity contribution is 9.10. The predicted molar refractivity (Wildman–Crippen MR) is 92.6 cm³/mol. The first-order chi connectivity index (χ1) is 11.8. The topological polar surface area (TPSA) is 38.3 Å². The van der Waals surface area contributed by atoms with Gasteiger partial charge in [0.2, 0.25) is 0 Å². The average Bonchev–Trinajstić information content (AvgIpc) is 2.58. The van der Waals surface area contributed by atoms with Gasteiger partial charge in [-0.3, -0.25) is 4.79 Å². The van der Waals surface area contributed by atoms with Gasteiger partial charge in [0.25, 0.3) is 5.91 Å². The number of alkyl halides is 3. The monoisotopic (exact) mass is 415 g/mol. The summed E-state index contributed by atoms with van der Waals surface area (Å²) in [5.41, 5.74) is -0.275. The second-order valence-electron chi connectivity index (χ2n) is 5.43. The average molecular weight is 416 g/mol. The highest BCUT2D eigenvalue weighted by atomic mass is 79.9. The Hall–Kier alpha value is -2.02. The number of hydrogen-bond acceptors (Lipinski definition) is 2. The van der Waals surface area contributed by atoms with Crippen LogP contribution in [0.4, 0.5) is 13.2 Å². The summed E-state index contributed by atoms with van der Waals surface area (Å²) in [4.78, 5) is 12.2. The van der Waals surface area contributed by atoms with E-state index in [-0.39, 0.29) is 24.3 Å². The Bertz CT molecular complexity index is 734. The Labute approximate surface area is 152 Å². The van der Waals surface area contributed by atoms with Crippen molar-refractivity contribution in [2.24, 2.45) is 0 Å². The maximum absolute atomic E-state index is 12.7. The molecule has 25 heavy (non-hydrogen) atoms. The summed E-state index contributed by atoms with van der Waals surface area (Å²) in [6.07, 6.45) is -3.84. The van der Waals surface area contributed by atoms with Crippen LogP contribution in [0.15, 0.2) is 53.0 Å². The first-order valence-corrected chi connectivity index (χ1v) is 8.45. The summed E-state index contributed by atoms with van der Waals surface area (Å²) in [6, 6.07) is 11.3. The van der Waals surface area contributed by atoms with Crippen molar-refractivity contribution in [2.45, 2.75) is 25.6 Å². The molecule has 7 heteroatoms. The van der Waals surface area contributed by atoms with Gasteiger partial charge in [0.05, 0.1) is 11.6 Å². The molecule has 0 aliphatic carbocycles. The number of amides is 1. The van der Waals surface area contributed by atoms with Crippen LogP contribution in [0.3, 0.4) is 0 Å². The third kappa shape index (κ3) is 5.77. The van der Waals surface area contributed by atoms with Crippen molar-refractivity contribution in [2.75, 3.05) is 6.61 Å². The summed E-state index contributed by atoms with van der Waals surface area (Å²) < 4.78 is 44.3. The van der Waals surface area contributed by atoms with E-state index in [1.165, 1.54) is 12.1 Å². The third-order valence-corrected chi connectivity index (χ3v) is 4.02. The van der Waals surface area contributed by atoms with Gasteiger partial charge < -0.3 is 10.1 Å². The molecular formula is C18H17BrF3NO2. The van der Waals surface area contributed by atoms with Gasteiger partial charge in [-0.05, 0) is 42.8 Å². The SMILES string of the molecule is CCC(COc1cccc(C(F)(F)F)c1)NC(=O)c1cccc(Br)c1. The van der Waals surface area contributed by atoms with Crippen LogP contribution in [-0.4, -0.2) is 18.6 Å². The Morgan fingerprint density at radius 2 is 1.92 bits per heavy atom. The molecule has 134 valence electrons. The maximum atomic E-state index is 12.7. The standard InChI is InChI=1S/C18H17BrF3NO2/c1-2-15(23-17(24)12-5-3-7-14(19)9-12)11-25-16-8-4-6-13(10-16)18(20,21)22/h3-10,15H,2,11H2,1H3,(H,23,24). The molecule has 1 atom stereocenters. The van der Waals surface area contributed by atoms with E-state index in [1.54, 1.807) is 18.2 Å². The lowest BCUT2D eigenvalue weighted by atomic mass is 10.1. The van der Waals surface area contributed by atoms with E-state index in [2.05, 4.69) is 21.2 Å². The van der Waals surface area contributed by atoms with Crippen molar-refractivity contribution < 1.29 is 22.7 Å². The normalized spacial score (nSPS) is 12.5. The number of nitrogens with one attached hydrogen (secondary N) is 1. The molecule has 0 saturated heterocycles. The zero-order valence-corrected chi connectivity index (χ0v) is 15.0. The molecular weight excluding hydrogens is 399 g/mol. The molecule has 2 rings (SSSR count). The molecule has 0 saturated carbocycles. The number of hydrogen-bond donors (Lipinski definition) is 1. The van der Waals surface area contributed by atoms with E-state index >= 15 is 0 Å². The van der Waals surface area contributed by atoms with Crippen LogP contribution in [0.2, 0.25) is 0 Å². The minimum atomic E-state index is -4.42. The van der Waals surface area contributed by atoms with E-state index < -0.39 is 11.7 Å². The maximum Gasteiger partial charge on any atom is 0.416 e. The van der Waals surface area contributed by atoms with E-state index in [4.69, 9.17) is 4.74 Å². The molecule has 0 aliphatic heterocycles. The van der Waals surface area contributed by atoms with Gasteiger partial charge in [-0.25, -0.2) is 0 Å². The summed E-state index contributed by atoms with van der Waals surface area (Å²) in [5, 5.41) is 2.82. The molecule has 0 radical (unpaired) electrons. The van der Waals surface area contributed by atoms with Gasteiger partial charge in [0.1, 0.15) is 12.4 Å². The Morgan fingerprint density at radius 1 is 1.20 bits per heavy atom. The lowest BCUT2D eigenvalue weighted by molar-refractivity contribution is -0.137. The number of halogens is 4. The molecule has 0 heterocycles. The van der Waals surface area contributed by atoms with Crippen LogP contribution >= 0.6 is 15.9 Å². The van der Waals surface area contributed by atoms with E-state index in [0.29, 0.717) is 12.0 Å². The van der Waals surface area contributed by atoms with Gasteiger partial charge in [-0.2, -0.15) is 13.2 Å². The van der Waals surface area contributed by atoms with Gasteiger partial charge in [0.15, 0.2) is 0 Å². The zero-order valence-electron chi connectivity index (χ0n) is 13.4. The van der Waals surface area contributed by atoms with Gasteiger partial charge >= 0.3 is 6.18 Å². The molecule has 1 N–H and O–H groups in total. The Morgan fingerprint density at radius 3 is 2.56 bits per heavy atom. The lowest BCUT2D eigenvalue weighted by Gasteiger charge is -2.18. The molecule has 0 spiro atoms. The first kappa shape index (κ1) is 19.3. The Balaban J connectivity index is 1.97. The molecule has 0 bridgehead atoms. The van der Waals surface area contributed by atoms with Crippen molar-refractivity contribution >= 4 is 21.8 Å². The first-order valence-electron chi connectivity index (χ1n) is 7.66. The van der Waals surface area contributed by atoms with Crippen LogP contribution in [0.1, 0.15) is 29.3 Å². The Kier molecular flexibility index (Phi) is 6.47. The number of carbonyl (C=O) groups is 1. The van der Waals surface area contributed by atoms with Crippen molar-refractivity contribution in [3.05, 3.63) is 64.1 Å². The predicted octanol–water partition coefficient (Wildman–Crippen LogP) is 5.06. The fourth-order valence-electron chi connectivity index (χ4n) is 2.12. The molecule has 3 nitrogen and oxygen atoms in total. The molecule has 1 unspecified atom stereocenters. The number of ether oxygens (including phenoxy) is 1. The second-order valence-corrected chi connectivity index (χ2v) is 6.34. The fourth-order valence-corrected chi connectivity index (χ4v) is 2.52. The van der Waals surface area contributed by atoms with Gasteiger partial charge in [-0.1, -0.05) is 35.0 Å². The summed E-state index contributed by atoms with van der Waals surface area (Å²) >= 11 is 3.30. The van der Waals surface area contributed by atoms with Crippen molar-refractivity contribution in [1.29, 1.82) is 0 Å². The largest absolute Gasteiger partial charge is 0.491 e. The smallest absolute Gasteiger partial charge is 0.416 e. The van der Waals surface area contributed by atoms with E-state index in [9.17, 15) is 18.0 Å². The van der Waals surface area contributed by atoms with Gasteiger partial charge in [-0.15, -0.1) is 0 Å². The van der Waals surface area contributed by atoms with Crippen molar-refractivity contribution in [3.63, 3.8) is 0 Å². The van der Waals surface area contributed by atoms with Crippen molar-refractivity contribution in [1.82, 2.24) is 5.32 Å². The van der Waals surface area contributed by atoms with E-state index in [1.807, 2.05) is 13.0 Å². The molecule has 0 aromatic heterocycles. The van der Waals surface area contributed by atoms with E-state index in [0.717, 1.165) is 16.6 Å².